The number of amidine groups is 4. The van der Waals surface area contributed by atoms with Gasteiger partial charge in [-0.25, -0.2) is 33.7 Å². The van der Waals surface area contributed by atoms with E-state index in [0.29, 0.717) is 45.6 Å². The van der Waals surface area contributed by atoms with Crippen molar-refractivity contribution in [1.29, 1.82) is 0 Å². The summed E-state index contributed by atoms with van der Waals surface area (Å²) in [5.41, 5.74) is 14.1. The molecular weight excluding hydrogens is 2340 g/mol. The van der Waals surface area contributed by atoms with Gasteiger partial charge in [-0.05, 0) is 144 Å². The molecule has 4 aliphatic rings. The molecule has 0 aliphatic carbocycles. The van der Waals surface area contributed by atoms with Crippen LogP contribution in [0, 0.1) is 52.0 Å². The van der Waals surface area contributed by atoms with Crippen LogP contribution in [0.1, 0.15) is 137 Å². The second-order valence-corrected chi connectivity index (χ2v) is 38.7. The van der Waals surface area contributed by atoms with Crippen LogP contribution in [0.5, 0.6) is 0 Å². The van der Waals surface area contributed by atoms with Gasteiger partial charge < -0.3 is 61.5 Å². The summed E-state index contributed by atoms with van der Waals surface area (Å²) < 4.78 is 118. The van der Waals surface area contributed by atoms with Crippen molar-refractivity contribution in [2.45, 2.75) is 95.6 Å². The number of halogens is 4. The van der Waals surface area contributed by atoms with Crippen LogP contribution >= 0.6 is 38.1 Å². The molecule has 0 bridgehead atoms. The van der Waals surface area contributed by atoms with Crippen LogP contribution in [0.2, 0.25) is 0 Å². The van der Waals surface area contributed by atoms with Crippen LogP contribution in [0.25, 0.3) is 0 Å². The summed E-state index contributed by atoms with van der Waals surface area (Å²) in [6.45, 7) is 7.76. The van der Waals surface area contributed by atoms with Gasteiger partial charge in [-0.3, -0.25) is 95.1 Å². The zero-order valence-corrected chi connectivity index (χ0v) is 88.6. The molecule has 716 valence electrons. The van der Waals surface area contributed by atoms with Gasteiger partial charge in [0.2, 0.25) is 0 Å². The third-order valence-corrected chi connectivity index (χ3v) is 30.0. The maximum Gasteiger partial charge on any atom is 2.00 e. The third kappa shape index (κ3) is 25.0. The average Bonchev–Trinajstić information content (AvgIpc) is 1.59. The van der Waals surface area contributed by atoms with Gasteiger partial charge in [-0.1, -0.05) is 313 Å². The Morgan fingerprint density at radius 2 is 0.377 bits per heavy atom. The van der Waals surface area contributed by atoms with Crippen molar-refractivity contribution in [1.82, 2.24) is 17.2 Å². The molecule has 16 aromatic carbocycles. The molecule has 16 aromatic rings. The summed E-state index contributed by atoms with van der Waals surface area (Å²) in [7, 11) is 2.41. The first-order chi connectivity index (χ1) is 66.2. The Hall–Kier alpha value is -9.43. The third-order valence-electron chi connectivity index (χ3n) is 22.9. The number of aliphatic imine (C=N–C) groups is 4. The van der Waals surface area contributed by atoms with E-state index in [9.17, 15) is 33.7 Å². The zero-order chi connectivity index (χ0) is 96.5. The van der Waals surface area contributed by atoms with Crippen LogP contribution in [0.4, 0.5) is 0 Å². The number of hydrogen-bond acceptors (Lipinski definition) is 12. The summed E-state index contributed by atoms with van der Waals surface area (Å²) >= 11 is 8.89. The summed E-state index contributed by atoms with van der Waals surface area (Å²) in [5, 5.41) is 0. The van der Waals surface area contributed by atoms with E-state index in [1.807, 2.05) is 367 Å². The Kier molecular flexibility index (Phi) is 40.9. The molecule has 20 rings (SSSR count). The normalized spacial score (nSPS) is 17.4. The molecule has 4 heterocycles. The maximum atomic E-state index is 14.0. The molecule has 0 N–H and O–H groups in total. The number of nitrogens with zero attached hydrogens (tertiary/aromatic N) is 8. The van der Waals surface area contributed by atoms with Gasteiger partial charge in [0.05, 0.1) is 67.9 Å². The van der Waals surface area contributed by atoms with Crippen LogP contribution in [0.3, 0.4) is 0 Å². The Morgan fingerprint density at radius 3 is 0.514 bits per heavy atom. The molecule has 0 unspecified atom stereocenters. The minimum atomic E-state index is -3.89. The van der Waals surface area contributed by atoms with Gasteiger partial charge in [0.15, 0.2) is 0 Å². The van der Waals surface area contributed by atoms with Crippen LogP contribution < -0.4 is 0 Å². The second-order valence-electron chi connectivity index (χ2n) is 31.4. The average molecular weight is 2430 g/mol. The standard InChI is InChI=1S/4C27H22N2O2S.4ClH.2Fe.4Pd/c4*1-20-16-18-24(19-17-20)32(30,31)29-26(22-12-6-3-7-13-22)25(21-10-4-2-5-11-21)28-27(29)23-14-8-9-15-23;;;;;;;;;;/h4*2-14,16-19,25-26H,1H3;4*1H;;;;;;/q4*-2;;;;;6*+2/p-4/t4*25-,26-;;;;;;;;;;/m1111........../s1. The van der Waals surface area contributed by atoms with E-state index in [-0.39, 0.29) is 77.9 Å². The number of hydrogen-bond donors (Lipinski definition) is 0. The topological polar surface area (TPSA) is 199 Å². The van der Waals surface area contributed by atoms with Crippen molar-refractivity contribution in [3.05, 3.63) is 526 Å². The van der Waals surface area contributed by atoms with E-state index in [1.54, 1.807) is 72.8 Å². The predicted octanol–water partition coefficient (Wildman–Crippen LogP) is 24.5. The molecule has 0 fully saturated rings. The molecule has 0 radical (unpaired) electrons. The first kappa shape index (κ1) is 109. The maximum absolute atomic E-state index is 14.0. The van der Waals surface area contributed by atoms with E-state index >= 15 is 0 Å². The molecule has 0 saturated carbocycles. The summed E-state index contributed by atoms with van der Waals surface area (Å²) in [6.07, 6.45) is 0. The summed E-state index contributed by atoms with van der Waals surface area (Å²) in [5.74, 6) is 1.66. The molecule has 138 heavy (non-hydrogen) atoms. The molecule has 16 nitrogen and oxygen atoms in total. The van der Waals surface area contributed by atoms with Gasteiger partial charge in [0.25, 0.3) is 40.1 Å². The molecule has 4 aliphatic heterocycles. The molecule has 0 amide bonds. The zero-order valence-electron chi connectivity index (χ0n) is 73.8. The number of benzene rings is 12. The Bertz CT molecular complexity index is 6240. The fraction of sp³-hybridized carbons (Fsp3) is 0.111. The first-order valence-electron chi connectivity index (χ1n) is 42.4. The van der Waals surface area contributed by atoms with Gasteiger partial charge in [0.1, 0.15) is 0 Å². The van der Waals surface area contributed by atoms with E-state index in [0.717, 1.165) is 66.8 Å². The SMILES string of the molecule is Cc1ccc(S(=O)(=O)N2C(c3[c-]cc[cH-]3)=N[C@H](c3ccccc3)[C@H]2c2ccccc2)cc1.Cc1ccc(S(=O)(=O)N2C(c3[c-]cc[cH-]3)=N[C@H](c3ccccc3)[C@H]2c2ccccc2)cc1.Cc1ccc(S(=O)(=O)N2C(c3[c-]cc[cH-]3)=N[C@H](c3ccccc3)[C@H]2c2ccccc2)cc1.Cc1ccc(S(=O)(=O)N2C(c3[c-]cc[cH-]3)=N[C@H](c3ccccc3)[C@H]2c2ccccc2)cc1.[Cl][Pd+].[Cl][Pd+].[Cl][Pd+].[Cl][Pd+].[Fe+2].[Fe+2]. The van der Waals surface area contributed by atoms with Crippen LogP contribution in [0.15, 0.2) is 452 Å². The molecular formula is C108H88Cl4Fe2N8O8Pd4S4. The Balaban J connectivity index is 0.000000171. The van der Waals surface area contributed by atoms with E-state index < -0.39 is 64.3 Å². The van der Waals surface area contributed by atoms with E-state index in [2.05, 4.69) is 135 Å². The van der Waals surface area contributed by atoms with Crippen LogP contribution in [-0.2, 0) is 147 Å². The largest absolute Gasteiger partial charge is 2.00 e. The van der Waals surface area contributed by atoms with Crippen molar-refractivity contribution in [2.75, 3.05) is 0 Å². The van der Waals surface area contributed by atoms with Crippen molar-refractivity contribution in [2.24, 2.45) is 20.0 Å². The van der Waals surface area contributed by atoms with Gasteiger partial charge in [-0.2, -0.15) is 0 Å². The van der Waals surface area contributed by atoms with Crippen molar-refractivity contribution in [3.8, 4) is 0 Å². The van der Waals surface area contributed by atoms with Crippen molar-refractivity contribution < 1.29 is 141 Å². The number of sulfonamides is 4. The number of rotatable bonds is 20. The van der Waals surface area contributed by atoms with Crippen molar-refractivity contribution in [3.63, 3.8) is 0 Å². The molecule has 30 heteroatoms. The molecule has 0 spiro atoms. The molecule has 8 atom stereocenters. The van der Waals surface area contributed by atoms with E-state index in [1.165, 1.54) is 17.2 Å². The second kappa shape index (κ2) is 51.8. The predicted molar refractivity (Wildman–Crippen MR) is 527 cm³/mol. The monoisotopic (exact) mass is 2430 g/mol. The summed E-state index contributed by atoms with van der Waals surface area (Å²) in [4.78, 5) is 20.9. The van der Waals surface area contributed by atoms with Crippen LogP contribution in [-0.4, -0.2) is 74.2 Å². The Labute approximate surface area is 890 Å². The smallest absolute Gasteiger partial charge is 2.00 e. The minimum absolute atomic E-state index is 0. The molecule has 0 aromatic heterocycles. The van der Waals surface area contributed by atoms with E-state index in [4.69, 9.17) is 20.0 Å². The first-order valence-corrected chi connectivity index (χ1v) is 56.2. The minimum Gasteiger partial charge on any atom is 2.00 e. The molecule has 0 saturated heterocycles. The summed E-state index contributed by atoms with van der Waals surface area (Å²) in [6, 6.07) is 137. The fourth-order valence-electron chi connectivity index (χ4n) is 16.6. The van der Waals surface area contributed by atoms with Gasteiger partial charge in [-0.15, -0.1) is 0 Å². The van der Waals surface area contributed by atoms with Gasteiger partial charge in [0, 0.05) is 0 Å². The van der Waals surface area contributed by atoms with Crippen molar-refractivity contribution >= 4 is 102 Å². The number of aryl methyl sites for hydroxylation is 4. The van der Waals surface area contributed by atoms with Gasteiger partial charge >= 0.3 is 145 Å². The fourth-order valence-corrected chi connectivity index (χ4v) is 23.0. The Morgan fingerprint density at radius 1 is 0.232 bits per heavy atom. The quantitative estimate of drug-likeness (QED) is 0.0530.